The molecule has 1 aliphatic rings. The van der Waals surface area contributed by atoms with Crippen LogP contribution in [0.2, 0.25) is 0 Å². The van der Waals surface area contributed by atoms with Gasteiger partial charge in [-0.15, -0.1) is 0 Å². The van der Waals surface area contributed by atoms with Crippen LogP contribution in [0, 0.1) is 12.7 Å². The minimum atomic E-state index is -0.180. The smallest absolute Gasteiger partial charge is 0.123 e. The van der Waals surface area contributed by atoms with Crippen LogP contribution >= 0.6 is 0 Å². The fourth-order valence-corrected chi connectivity index (χ4v) is 7.16. The van der Waals surface area contributed by atoms with Crippen LogP contribution in [-0.2, 0) is 32.7 Å². The van der Waals surface area contributed by atoms with Crippen molar-refractivity contribution in [1.82, 2.24) is 20.0 Å². The van der Waals surface area contributed by atoms with Gasteiger partial charge in [0.15, 0.2) is 0 Å². The van der Waals surface area contributed by atoms with E-state index in [1.165, 1.54) is 39.2 Å². The molecule has 1 unspecified atom stereocenters. The fourth-order valence-electron chi connectivity index (χ4n) is 7.16. The molecule has 0 amide bonds. The van der Waals surface area contributed by atoms with Crippen molar-refractivity contribution >= 4 is 22.5 Å². The van der Waals surface area contributed by atoms with Crippen LogP contribution < -0.4 is 5.32 Å². The SMILES string of the molecule is C/C=C/c1c2cccc1-c1c(n[nH]c1C)C(CCC)CCc1cc(n(C)n1)CCc1cc(c3ccc(F)cc3c1)CCCCN2. The van der Waals surface area contributed by atoms with E-state index < -0.39 is 0 Å². The van der Waals surface area contributed by atoms with Gasteiger partial charge in [-0.3, -0.25) is 9.78 Å². The maximum atomic E-state index is 14.3. The number of fused-ring (bicyclic) bond motifs is 10. The quantitative estimate of drug-likeness (QED) is 0.216. The summed E-state index contributed by atoms with van der Waals surface area (Å²) >= 11 is 0. The summed E-state index contributed by atoms with van der Waals surface area (Å²) in [5, 5.41) is 19.1. The van der Waals surface area contributed by atoms with Crippen LogP contribution in [0.5, 0.6) is 0 Å². The van der Waals surface area contributed by atoms with Gasteiger partial charge in [-0.25, -0.2) is 4.39 Å². The van der Waals surface area contributed by atoms with Crippen LogP contribution in [0.15, 0.2) is 60.7 Å². The molecule has 2 aromatic heterocycles. The second kappa shape index (κ2) is 13.8. The zero-order valence-electron chi connectivity index (χ0n) is 27.2. The highest BCUT2D eigenvalue weighted by molar-refractivity contribution is 5.87. The third kappa shape index (κ3) is 6.75. The number of hydrogen-bond acceptors (Lipinski definition) is 3. The highest BCUT2D eigenvalue weighted by Gasteiger charge is 2.24. The maximum absolute atomic E-state index is 14.3. The summed E-state index contributed by atoms with van der Waals surface area (Å²) in [7, 11) is 2.06. The number of rotatable bonds is 3. The molecule has 45 heavy (non-hydrogen) atoms. The van der Waals surface area contributed by atoms with E-state index in [9.17, 15) is 4.39 Å². The lowest BCUT2D eigenvalue weighted by Gasteiger charge is -2.19. The molecule has 6 rings (SSSR count). The highest BCUT2D eigenvalue weighted by atomic mass is 19.1. The Bertz CT molecular complexity index is 1810. The molecule has 234 valence electrons. The summed E-state index contributed by atoms with van der Waals surface area (Å²) in [5.41, 5.74) is 12.0. The van der Waals surface area contributed by atoms with Gasteiger partial charge in [0.2, 0.25) is 0 Å². The fraction of sp³-hybridized carbons (Fsp3) is 0.385. The normalized spacial score (nSPS) is 16.3. The Labute approximate surface area is 267 Å². The van der Waals surface area contributed by atoms with Gasteiger partial charge in [0.25, 0.3) is 0 Å². The summed E-state index contributed by atoms with van der Waals surface area (Å²) < 4.78 is 16.3. The summed E-state index contributed by atoms with van der Waals surface area (Å²) in [6.07, 6.45) is 13.3. The van der Waals surface area contributed by atoms with E-state index in [1.54, 1.807) is 12.1 Å². The first-order valence-electron chi connectivity index (χ1n) is 16.7. The van der Waals surface area contributed by atoms with Crippen molar-refractivity contribution in [3.63, 3.8) is 0 Å². The molecule has 3 heterocycles. The zero-order chi connectivity index (χ0) is 31.3. The Morgan fingerprint density at radius 1 is 1.02 bits per heavy atom. The largest absolute Gasteiger partial charge is 0.385 e. The molecule has 6 heteroatoms. The number of aromatic nitrogens is 4. The van der Waals surface area contributed by atoms with Crippen molar-refractivity contribution in [1.29, 1.82) is 0 Å². The minimum Gasteiger partial charge on any atom is -0.385 e. The molecular formula is C39H46FN5. The molecular weight excluding hydrogens is 557 g/mol. The summed E-state index contributed by atoms with van der Waals surface area (Å²) in [6, 6.07) is 18.6. The molecule has 0 saturated carbocycles. The van der Waals surface area contributed by atoms with Crippen LogP contribution in [0.1, 0.15) is 91.3 Å². The topological polar surface area (TPSA) is 58.5 Å². The number of anilines is 1. The molecule has 3 aromatic carbocycles. The Morgan fingerprint density at radius 2 is 1.91 bits per heavy atom. The minimum absolute atomic E-state index is 0.180. The highest BCUT2D eigenvalue weighted by Crippen LogP contribution is 2.39. The first kappa shape index (κ1) is 30.8. The van der Waals surface area contributed by atoms with Gasteiger partial charge in [0.05, 0.1) is 11.4 Å². The van der Waals surface area contributed by atoms with Gasteiger partial charge < -0.3 is 5.32 Å². The zero-order valence-corrected chi connectivity index (χ0v) is 27.2. The first-order chi connectivity index (χ1) is 21.9. The first-order valence-corrected chi connectivity index (χ1v) is 16.7. The number of hydrogen-bond donors (Lipinski definition) is 2. The van der Waals surface area contributed by atoms with E-state index in [0.717, 1.165) is 92.2 Å². The molecule has 0 fully saturated rings. The van der Waals surface area contributed by atoms with Gasteiger partial charge in [0, 0.05) is 47.7 Å². The Balaban J connectivity index is 1.39. The number of benzene rings is 3. The number of aromatic amines is 1. The van der Waals surface area contributed by atoms with E-state index in [0.29, 0.717) is 5.92 Å². The molecule has 0 aliphatic carbocycles. The van der Waals surface area contributed by atoms with E-state index in [2.05, 4.69) is 86.8 Å². The van der Waals surface area contributed by atoms with Crippen LogP contribution in [0.3, 0.4) is 0 Å². The molecule has 0 saturated heterocycles. The second-order valence-electron chi connectivity index (χ2n) is 12.7. The molecule has 0 radical (unpaired) electrons. The molecule has 1 aliphatic heterocycles. The third-order valence-corrected chi connectivity index (χ3v) is 9.40. The van der Waals surface area contributed by atoms with E-state index in [1.807, 2.05) is 10.7 Å². The summed E-state index contributed by atoms with van der Waals surface area (Å²) in [6.45, 7) is 7.38. The number of allylic oxidation sites excluding steroid dienone is 1. The van der Waals surface area contributed by atoms with Crippen LogP contribution in [-0.4, -0.2) is 26.5 Å². The lowest BCUT2D eigenvalue weighted by molar-refractivity contribution is 0.549. The van der Waals surface area contributed by atoms with E-state index in [-0.39, 0.29) is 5.82 Å². The van der Waals surface area contributed by atoms with Crippen molar-refractivity contribution in [2.75, 3.05) is 11.9 Å². The standard InChI is InChI=1S/C39H46FN5/c1-5-10-28-16-18-32-25-33(45(4)44-32)19-15-27-22-29(34-20-17-31(40)24-30(34)23-27)12-7-8-21-41-37-14-9-13-36(35(37)11-6-2)38-26(3)42-43-39(28)38/h6,9,11,13-14,17,20,22-25,28,41H,5,7-8,10,12,15-16,18-19,21H2,1-4H3,(H,42,43)/b11-6+. The van der Waals surface area contributed by atoms with Gasteiger partial charge in [-0.05, 0) is 117 Å². The van der Waals surface area contributed by atoms with Crippen molar-refractivity contribution in [3.8, 4) is 11.1 Å². The number of nitrogens with zero attached hydrogens (tertiary/aromatic N) is 3. The van der Waals surface area contributed by atoms with Crippen LogP contribution in [0.4, 0.5) is 10.1 Å². The third-order valence-electron chi connectivity index (χ3n) is 9.40. The molecule has 5 nitrogen and oxygen atoms in total. The molecule has 2 N–H and O–H groups in total. The van der Waals surface area contributed by atoms with Crippen molar-refractivity contribution in [2.45, 2.75) is 84.5 Å². The van der Waals surface area contributed by atoms with E-state index in [4.69, 9.17) is 10.2 Å². The average molecular weight is 604 g/mol. The number of aryl methyl sites for hydroxylation is 6. The molecule has 5 aromatic rings. The number of H-pyrrole nitrogens is 1. The van der Waals surface area contributed by atoms with Gasteiger partial charge in [-0.1, -0.05) is 55.8 Å². The average Bonchev–Trinajstić information content (AvgIpc) is 3.59. The predicted molar refractivity (Wildman–Crippen MR) is 185 cm³/mol. The summed E-state index contributed by atoms with van der Waals surface area (Å²) in [5.74, 6) is 0.154. The monoisotopic (exact) mass is 603 g/mol. The molecule has 6 bridgehead atoms. The number of halogens is 1. The van der Waals surface area contributed by atoms with Crippen molar-refractivity contribution in [2.24, 2.45) is 7.05 Å². The lowest BCUT2D eigenvalue weighted by Crippen LogP contribution is -2.07. The Morgan fingerprint density at radius 3 is 2.76 bits per heavy atom. The van der Waals surface area contributed by atoms with Crippen LogP contribution in [0.25, 0.3) is 28.0 Å². The Kier molecular flexibility index (Phi) is 9.48. The maximum Gasteiger partial charge on any atom is 0.123 e. The second-order valence-corrected chi connectivity index (χ2v) is 12.7. The van der Waals surface area contributed by atoms with Gasteiger partial charge in [0.1, 0.15) is 5.82 Å². The number of nitrogens with one attached hydrogen (secondary N) is 2. The van der Waals surface area contributed by atoms with Gasteiger partial charge in [-0.2, -0.15) is 10.2 Å². The predicted octanol–water partition coefficient (Wildman–Crippen LogP) is 9.49. The van der Waals surface area contributed by atoms with Gasteiger partial charge >= 0.3 is 0 Å². The van der Waals surface area contributed by atoms with Crippen molar-refractivity contribution < 1.29 is 4.39 Å². The van der Waals surface area contributed by atoms with E-state index >= 15 is 0 Å². The molecule has 0 spiro atoms. The summed E-state index contributed by atoms with van der Waals surface area (Å²) in [4.78, 5) is 0. The van der Waals surface area contributed by atoms with Crippen molar-refractivity contribution in [3.05, 3.63) is 106 Å². The Hall–Kier alpha value is -4.19. The molecule has 1 atom stereocenters. The lowest BCUT2D eigenvalue weighted by atomic mass is 9.87.